The molecular weight excluding hydrogens is 685 g/mol. The average Bonchev–Trinajstić information content (AvgIpc) is 3.82. The summed E-state index contributed by atoms with van der Waals surface area (Å²) < 4.78 is 8.73. The summed E-state index contributed by atoms with van der Waals surface area (Å²) in [5, 5.41) is 11.7. The van der Waals surface area contributed by atoms with Gasteiger partial charge in [0.05, 0.1) is 16.7 Å². The highest BCUT2D eigenvalue weighted by molar-refractivity contribution is 6.26. The lowest BCUT2D eigenvalue weighted by Gasteiger charge is -2.18. The first-order valence-electron chi connectivity index (χ1n) is 18.9. The smallest absolute Gasteiger partial charge is 0.166 e. The van der Waals surface area contributed by atoms with E-state index in [9.17, 15) is 0 Å². The van der Waals surface area contributed by atoms with Gasteiger partial charge in [-0.3, -0.25) is 0 Å². The lowest BCUT2D eigenvalue weighted by atomic mass is 9.92. The fourth-order valence-corrected chi connectivity index (χ4v) is 8.69. The Morgan fingerprint density at radius 1 is 0.321 bits per heavy atom. The van der Waals surface area contributed by atoms with E-state index in [-0.39, 0.29) is 0 Å². The molecule has 0 aliphatic carbocycles. The second-order valence-electron chi connectivity index (χ2n) is 14.4. The van der Waals surface area contributed by atoms with Crippen LogP contribution in [0, 0.1) is 0 Å². The summed E-state index contributed by atoms with van der Waals surface area (Å²) in [5.74, 6) is 1.77. The van der Waals surface area contributed by atoms with E-state index in [2.05, 4.69) is 150 Å². The summed E-state index contributed by atoms with van der Waals surface area (Å²) in [4.78, 5) is 15.8. The quantitative estimate of drug-likeness (QED) is 0.170. The third kappa shape index (κ3) is 4.58. The summed E-state index contributed by atoms with van der Waals surface area (Å²) in [6.45, 7) is 0. The van der Waals surface area contributed by atoms with Crippen LogP contribution < -0.4 is 0 Å². The van der Waals surface area contributed by atoms with Crippen molar-refractivity contribution in [3.8, 4) is 39.9 Å². The Balaban J connectivity index is 1.22. The van der Waals surface area contributed by atoms with E-state index in [0.717, 1.165) is 60.7 Å². The first-order chi connectivity index (χ1) is 27.8. The van der Waals surface area contributed by atoms with Crippen LogP contribution in [0.5, 0.6) is 0 Å². The summed E-state index contributed by atoms with van der Waals surface area (Å²) in [6.07, 6.45) is 0. The molecule has 3 heterocycles. The zero-order valence-electron chi connectivity index (χ0n) is 30.0. The summed E-state index contributed by atoms with van der Waals surface area (Å²) in [6, 6.07) is 63.9. The molecule has 5 nitrogen and oxygen atoms in total. The maximum atomic E-state index is 6.34. The van der Waals surface area contributed by atoms with Gasteiger partial charge in [0, 0.05) is 38.2 Å². The Bertz CT molecular complexity index is 3490. The molecule has 0 saturated heterocycles. The van der Waals surface area contributed by atoms with E-state index in [4.69, 9.17) is 19.4 Å². The van der Waals surface area contributed by atoms with Crippen LogP contribution in [0.15, 0.2) is 186 Å². The monoisotopic (exact) mass is 714 g/mol. The first kappa shape index (κ1) is 30.8. The van der Waals surface area contributed by atoms with Crippen molar-refractivity contribution in [3.63, 3.8) is 0 Å². The number of furan rings is 1. The zero-order valence-corrected chi connectivity index (χ0v) is 30.0. The standard InChI is InChI=1S/C51H30N4O/c1-2-14-31(15-3-1)49-52-50(32-26-27-40-39-22-10-13-25-47(39)56-48(40)28-32)54-51(53-49)43-29-41-35-18-6-4-16-33(35)34-17-5-7-19-36(34)42(41)30-46(43)55-44-23-11-8-20-37(44)38-21-9-12-24-45(38)55/h1-30H. The minimum Gasteiger partial charge on any atom is -0.456 e. The van der Waals surface area contributed by atoms with Gasteiger partial charge in [-0.1, -0.05) is 140 Å². The maximum absolute atomic E-state index is 6.34. The molecule has 3 aromatic heterocycles. The fourth-order valence-electron chi connectivity index (χ4n) is 8.69. The predicted octanol–water partition coefficient (Wildman–Crippen LogP) is 13.3. The Hall–Kier alpha value is -7.63. The minimum atomic E-state index is 0.577. The first-order valence-corrected chi connectivity index (χ1v) is 18.9. The van der Waals surface area contributed by atoms with Gasteiger partial charge < -0.3 is 8.98 Å². The topological polar surface area (TPSA) is 56.7 Å². The number of fused-ring (bicyclic) bond motifs is 12. The molecule has 0 fully saturated rings. The number of hydrogen-bond acceptors (Lipinski definition) is 4. The second kappa shape index (κ2) is 11.9. The number of nitrogens with zero attached hydrogens (tertiary/aromatic N) is 4. The molecular formula is C51H30N4O. The van der Waals surface area contributed by atoms with Gasteiger partial charge in [-0.2, -0.15) is 0 Å². The van der Waals surface area contributed by atoms with Crippen molar-refractivity contribution in [1.82, 2.24) is 19.5 Å². The van der Waals surface area contributed by atoms with Crippen molar-refractivity contribution in [2.75, 3.05) is 0 Å². The van der Waals surface area contributed by atoms with E-state index >= 15 is 0 Å². The number of aromatic nitrogens is 4. The van der Waals surface area contributed by atoms with Crippen LogP contribution in [0.4, 0.5) is 0 Å². The highest BCUT2D eigenvalue weighted by Gasteiger charge is 2.22. The van der Waals surface area contributed by atoms with Gasteiger partial charge >= 0.3 is 0 Å². The molecule has 0 aliphatic rings. The Labute approximate surface area is 320 Å². The van der Waals surface area contributed by atoms with Gasteiger partial charge in [-0.05, 0) is 74.8 Å². The summed E-state index contributed by atoms with van der Waals surface area (Å²) >= 11 is 0. The Kier molecular flexibility index (Phi) is 6.56. The molecule has 0 aliphatic heterocycles. The van der Waals surface area contributed by atoms with Crippen LogP contribution >= 0.6 is 0 Å². The molecule has 0 amide bonds. The highest BCUT2D eigenvalue weighted by Crippen LogP contribution is 2.43. The molecule has 9 aromatic carbocycles. The molecule has 5 heteroatoms. The van der Waals surface area contributed by atoms with Crippen molar-refractivity contribution in [3.05, 3.63) is 182 Å². The molecule has 56 heavy (non-hydrogen) atoms. The summed E-state index contributed by atoms with van der Waals surface area (Å²) in [5.41, 5.74) is 7.56. The third-order valence-corrected chi connectivity index (χ3v) is 11.2. The van der Waals surface area contributed by atoms with Crippen LogP contribution in [-0.2, 0) is 0 Å². The van der Waals surface area contributed by atoms with Crippen LogP contribution in [-0.4, -0.2) is 19.5 Å². The van der Waals surface area contributed by atoms with Crippen molar-refractivity contribution in [2.45, 2.75) is 0 Å². The molecule has 0 N–H and O–H groups in total. The van der Waals surface area contributed by atoms with E-state index in [1.165, 1.54) is 37.7 Å². The van der Waals surface area contributed by atoms with Crippen LogP contribution in [0.1, 0.15) is 0 Å². The molecule has 0 radical (unpaired) electrons. The fraction of sp³-hybridized carbons (Fsp3) is 0. The predicted molar refractivity (Wildman–Crippen MR) is 230 cm³/mol. The molecule has 12 aromatic rings. The minimum absolute atomic E-state index is 0.577. The van der Waals surface area contributed by atoms with Gasteiger partial charge in [0.15, 0.2) is 17.5 Å². The van der Waals surface area contributed by atoms with E-state index in [1.807, 2.05) is 36.4 Å². The van der Waals surface area contributed by atoms with E-state index in [0.29, 0.717) is 17.5 Å². The maximum Gasteiger partial charge on any atom is 0.166 e. The van der Waals surface area contributed by atoms with Crippen molar-refractivity contribution >= 4 is 76.1 Å². The van der Waals surface area contributed by atoms with Gasteiger partial charge in [-0.15, -0.1) is 0 Å². The molecule has 0 unspecified atom stereocenters. The molecule has 0 atom stereocenters. The number of rotatable bonds is 4. The lowest BCUT2D eigenvalue weighted by Crippen LogP contribution is -2.04. The molecule has 0 bridgehead atoms. The molecule has 260 valence electrons. The second-order valence-corrected chi connectivity index (χ2v) is 14.4. The van der Waals surface area contributed by atoms with Crippen molar-refractivity contribution in [1.29, 1.82) is 0 Å². The number of hydrogen-bond donors (Lipinski definition) is 0. The third-order valence-electron chi connectivity index (χ3n) is 11.2. The normalized spacial score (nSPS) is 11.9. The Morgan fingerprint density at radius 2 is 0.804 bits per heavy atom. The lowest BCUT2D eigenvalue weighted by molar-refractivity contribution is 0.669. The summed E-state index contributed by atoms with van der Waals surface area (Å²) in [7, 11) is 0. The zero-order chi connectivity index (χ0) is 36.7. The van der Waals surface area contributed by atoms with Gasteiger partial charge in [0.2, 0.25) is 0 Å². The van der Waals surface area contributed by atoms with Crippen LogP contribution in [0.3, 0.4) is 0 Å². The van der Waals surface area contributed by atoms with Crippen molar-refractivity contribution in [2.24, 2.45) is 0 Å². The van der Waals surface area contributed by atoms with Gasteiger partial charge in [-0.25, -0.2) is 15.0 Å². The van der Waals surface area contributed by atoms with E-state index < -0.39 is 0 Å². The largest absolute Gasteiger partial charge is 0.456 e. The van der Waals surface area contributed by atoms with E-state index in [1.54, 1.807) is 0 Å². The van der Waals surface area contributed by atoms with Crippen molar-refractivity contribution < 1.29 is 4.42 Å². The average molecular weight is 715 g/mol. The Morgan fingerprint density at radius 3 is 1.46 bits per heavy atom. The molecule has 0 saturated carbocycles. The van der Waals surface area contributed by atoms with Gasteiger partial charge in [0.1, 0.15) is 11.2 Å². The molecule has 12 rings (SSSR count). The van der Waals surface area contributed by atoms with Crippen LogP contribution in [0.2, 0.25) is 0 Å². The highest BCUT2D eigenvalue weighted by atomic mass is 16.3. The van der Waals surface area contributed by atoms with Crippen LogP contribution in [0.25, 0.3) is 116 Å². The number of benzene rings is 9. The SMILES string of the molecule is c1ccc(-c2nc(-c3ccc4c(c3)oc3ccccc34)nc(-c3cc4c5ccccc5c5ccccc5c4cc3-n3c4ccccc4c4ccccc43)n2)cc1. The molecule has 0 spiro atoms. The van der Waals surface area contributed by atoms with Gasteiger partial charge in [0.25, 0.3) is 0 Å². The number of para-hydroxylation sites is 3.